The van der Waals surface area contributed by atoms with Gasteiger partial charge in [0.05, 0.1) is 0 Å². The predicted octanol–water partition coefficient (Wildman–Crippen LogP) is 1.20. The van der Waals surface area contributed by atoms with E-state index in [2.05, 4.69) is 0 Å². The Morgan fingerprint density at radius 2 is 2.13 bits per heavy atom. The second-order valence-electron chi connectivity index (χ2n) is 3.07. The summed E-state index contributed by atoms with van der Waals surface area (Å²) in [5, 5.41) is 0. The molecule has 2 N–H and O–H groups in total. The fraction of sp³-hybridized carbons (Fsp3) is 0.200. The maximum atomic E-state index is 13.6. The number of sulfone groups is 1. The molecule has 0 atom stereocenters. The molecule has 1 aromatic carbocycles. The highest BCUT2D eigenvalue weighted by Crippen LogP contribution is 2.18. The molecule has 0 aromatic heterocycles. The van der Waals surface area contributed by atoms with Crippen molar-refractivity contribution in [3.05, 3.63) is 35.7 Å². The zero-order valence-corrected chi connectivity index (χ0v) is 9.09. The monoisotopic (exact) mass is 229 g/mol. The molecule has 0 saturated carbocycles. The highest BCUT2D eigenvalue weighted by molar-refractivity contribution is 7.90. The molecule has 0 aliphatic rings. The minimum absolute atomic E-state index is 0.225. The quantitative estimate of drug-likeness (QED) is 0.847. The zero-order valence-electron chi connectivity index (χ0n) is 8.27. The van der Waals surface area contributed by atoms with Gasteiger partial charge in [-0.05, 0) is 6.07 Å². The second kappa shape index (κ2) is 4.55. The maximum absolute atomic E-state index is 13.6. The van der Waals surface area contributed by atoms with Crippen LogP contribution in [0.5, 0.6) is 0 Å². The number of nitrogens with two attached hydrogens (primary N) is 1. The standard InChI is InChI=1S/C10H12FNO2S/c1-15(13,14)9-6-2-4-8(10(9)11)5-3-7-12/h2-6H,7,12H2,1H3/b5-3+. The van der Waals surface area contributed by atoms with Crippen molar-refractivity contribution in [2.45, 2.75) is 4.90 Å². The molecule has 0 fully saturated rings. The molecule has 0 spiro atoms. The van der Waals surface area contributed by atoms with E-state index in [4.69, 9.17) is 5.73 Å². The third-order valence-corrected chi connectivity index (χ3v) is 2.94. The molecule has 15 heavy (non-hydrogen) atoms. The molecule has 0 radical (unpaired) electrons. The molecular formula is C10H12FNO2S. The Morgan fingerprint density at radius 3 is 2.67 bits per heavy atom. The van der Waals surface area contributed by atoms with Crippen molar-refractivity contribution >= 4 is 15.9 Å². The molecule has 0 aliphatic carbocycles. The van der Waals surface area contributed by atoms with E-state index in [1.165, 1.54) is 24.3 Å². The summed E-state index contributed by atoms with van der Waals surface area (Å²) in [6, 6.07) is 4.23. The third kappa shape index (κ3) is 2.87. The fourth-order valence-electron chi connectivity index (χ4n) is 1.14. The molecule has 0 heterocycles. The molecule has 0 amide bonds. The van der Waals surface area contributed by atoms with Crippen LogP contribution in [0.3, 0.4) is 0 Å². The van der Waals surface area contributed by atoms with Crippen LogP contribution in [-0.4, -0.2) is 21.2 Å². The number of rotatable bonds is 3. The van der Waals surface area contributed by atoms with E-state index < -0.39 is 15.7 Å². The summed E-state index contributed by atoms with van der Waals surface area (Å²) in [5.41, 5.74) is 5.45. The molecule has 0 aliphatic heterocycles. The molecule has 5 heteroatoms. The van der Waals surface area contributed by atoms with Crippen molar-refractivity contribution in [3.63, 3.8) is 0 Å². The van der Waals surface area contributed by atoms with Crippen LogP contribution >= 0.6 is 0 Å². The highest BCUT2D eigenvalue weighted by atomic mass is 32.2. The Bertz CT molecular complexity index is 480. The Kier molecular flexibility index (Phi) is 3.60. The van der Waals surface area contributed by atoms with Crippen LogP contribution in [0.15, 0.2) is 29.2 Å². The lowest BCUT2D eigenvalue weighted by molar-refractivity contribution is 0.569. The van der Waals surface area contributed by atoms with Gasteiger partial charge in [0.2, 0.25) is 0 Å². The Labute approximate surface area is 88.3 Å². The fourth-order valence-corrected chi connectivity index (χ4v) is 1.91. The highest BCUT2D eigenvalue weighted by Gasteiger charge is 2.14. The topological polar surface area (TPSA) is 60.2 Å². The van der Waals surface area contributed by atoms with E-state index in [0.29, 0.717) is 0 Å². The van der Waals surface area contributed by atoms with Gasteiger partial charge in [-0.3, -0.25) is 0 Å². The maximum Gasteiger partial charge on any atom is 0.178 e. The lowest BCUT2D eigenvalue weighted by atomic mass is 10.2. The van der Waals surface area contributed by atoms with Crippen molar-refractivity contribution in [1.29, 1.82) is 0 Å². The van der Waals surface area contributed by atoms with Gasteiger partial charge in [-0.25, -0.2) is 12.8 Å². The van der Waals surface area contributed by atoms with Crippen LogP contribution in [0.25, 0.3) is 6.08 Å². The average molecular weight is 229 g/mol. The van der Waals surface area contributed by atoms with Crippen LogP contribution in [0.1, 0.15) is 5.56 Å². The van der Waals surface area contributed by atoms with Crippen LogP contribution in [-0.2, 0) is 9.84 Å². The number of halogens is 1. The average Bonchev–Trinajstić information content (AvgIpc) is 2.14. The number of benzene rings is 1. The Morgan fingerprint density at radius 1 is 1.47 bits per heavy atom. The summed E-state index contributed by atoms with van der Waals surface area (Å²) < 4.78 is 36.0. The zero-order chi connectivity index (χ0) is 11.5. The molecule has 1 aromatic rings. The lowest BCUT2D eigenvalue weighted by Gasteiger charge is -2.02. The van der Waals surface area contributed by atoms with Gasteiger partial charge in [0.25, 0.3) is 0 Å². The van der Waals surface area contributed by atoms with E-state index in [0.717, 1.165) is 6.26 Å². The first-order chi connectivity index (χ1) is 6.96. The van der Waals surface area contributed by atoms with E-state index in [1.54, 1.807) is 6.08 Å². The molecule has 0 unspecified atom stereocenters. The van der Waals surface area contributed by atoms with Gasteiger partial charge < -0.3 is 5.73 Å². The molecule has 3 nitrogen and oxygen atoms in total. The van der Waals surface area contributed by atoms with Gasteiger partial charge in [0.1, 0.15) is 10.7 Å². The minimum Gasteiger partial charge on any atom is -0.327 e. The van der Waals surface area contributed by atoms with Gasteiger partial charge in [-0.2, -0.15) is 0 Å². The van der Waals surface area contributed by atoms with Crippen LogP contribution < -0.4 is 5.73 Å². The number of hydrogen-bond donors (Lipinski definition) is 1. The van der Waals surface area contributed by atoms with E-state index in [9.17, 15) is 12.8 Å². The smallest absolute Gasteiger partial charge is 0.178 e. The summed E-state index contributed by atoms with van der Waals surface area (Å²) in [7, 11) is -3.52. The minimum atomic E-state index is -3.52. The third-order valence-electron chi connectivity index (χ3n) is 1.83. The van der Waals surface area contributed by atoms with Crippen LogP contribution in [0.4, 0.5) is 4.39 Å². The van der Waals surface area contributed by atoms with Gasteiger partial charge in [0, 0.05) is 18.4 Å². The second-order valence-corrected chi connectivity index (χ2v) is 5.05. The molecular weight excluding hydrogens is 217 g/mol. The van der Waals surface area contributed by atoms with E-state index in [1.807, 2.05) is 0 Å². The predicted molar refractivity (Wildman–Crippen MR) is 57.6 cm³/mol. The van der Waals surface area contributed by atoms with Crippen molar-refractivity contribution in [2.24, 2.45) is 5.73 Å². The van der Waals surface area contributed by atoms with Gasteiger partial charge >= 0.3 is 0 Å². The Hall–Kier alpha value is -1.20. The van der Waals surface area contributed by atoms with Crippen molar-refractivity contribution in [1.82, 2.24) is 0 Å². The van der Waals surface area contributed by atoms with Crippen LogP contribution in [0, 0.1) is 5.82 Å². The van der Waals surface area contributed by atoms with Crippen molar-refractivity contribution in [3.8, 4) is 0 Å². The van der Waals surface area contributed by atoms with Gasteiger partial charge in [-0.1, -0.05) is 24.3 Å². The van der Waals surface area contributed by atoms with Crippen LogP contribution in [0.2, 0.25) is 0 Å². The Balaban J connectivity index is 3.30. The van der Waals surface area contributed by atoms with E-state index >= 15 is 0 Å². The molecule has 0 saturated heterocycles. The summed E-state index contributed by atoms with van der Waals surface area (Å²) in [6.07, 6.45) is 4.00. The molecule has 82 valence electrons. The van der Waals surface area contributed by atoms with Crippen molar-refractivity contribution in [2.75, 3.05) is 12.8 Å². The lowest BCUT2D eigenvalue weighted by Crippen LogP contribution is -2.02. The largest absolute Gasteiger partial charge is 0.327 e. The van der Waals surface area contributed by atoms with Crippen molar-refractivity contribution < 1.29 is 12.8 Å². The molecule has 1 rings (SSSR count). The first-order valence-electron chi connectivity index (χ1n) is 4.32. The normalized spacial score (nSPS) is 12.2. The summed E-state index contributed by atoms with van der Waals surface area (Å²) >= 11 is 0. The summed E-state index contributed by atoms with van der Waals surface area (Å²) in [6.45, 7) is 0.280. The SMILES string of the molecule is CS(=O)(=O)c1cccc(/C=C/CN)c1F. The first kappa shape index (κ1) is 11.9. The molecule has 0 bridgehead atoms. The summed E-state index contributed by atoms with van der Waals surface area (Å²) in [5.74, 6) is -0.732. The van der Waals surface area contributed by atoms with Gasteiger partial charge in [0.15, 0.2) is 9.84 Å². The first-order valence-corrected chi connectivity index (χ1v) is 6.21. The number of hydrogen-bond acceptors (Lipinski definition) is 3. The van der Waals surface area contributed by atoms with Gasteiger partial charge in [-0.15, -0.1) is 0 Å². The van der Waals surface area contributed by atoms with E-state index in [-0.39, 0.29) is 17.0 Å². The summed E-state index contributed by atoms with van der Waals surface area (Å²) in [4.78, 5) is -0.290.